The molecule has 3 heterocycles. The number of aromatic amines is 3. The normalized spacial score (nSPS) is 14.7. The fraction of sp³-hybridized carbons (Fsp3) is 0.235. The Hall–Kier alpha value is -2.56. The molecule has 0 radical (unpaired) electrons. The topological polar surface area (TPSA) is 132 Å². The van der Waals surface area contributed by atoms with Crippen molar-refractivity contribution in [1.29, 1.82) is 0 Å². The van der Waals surface area contributed by atoms with E-state index >= 15 is 0 Å². The summed E-state index contributed by atoms with van der Waals surface area (Å²) in [6.07, 6.45) is 4.43. The van der Waals surface area contributed by atoms with Crippen LogP contribution >= 0.6 is 11.3 Å². The highest BCUT2D eigenvalue weighted by Gasteiger charge is 2.19. The molecule has 3 aromatic rings. The molecular weight excluding hydrogens is 388 g/mol. The van der Waals surface area contributed by atoms with Crippen LogP contribution in [0.5, 0.6) is 0 Å². The van der Waals surface area contributed by atoms with Gasteiger partial charge in [-0.05, 0) is 23.6 Å². The molecule has 0 fully saturated rings. The number of aromatic nitrogens is 4. The first-order chi connectivity index (χ1) is 12.7. The van der Waals surface area contributed by atoms with E-state index in [9.17, 15) is 18.4 Å². The van der Waals surface area contributed by atoms with E-state index in [1.54, 1.807) is 5.38 Å². The largest absolute Gasteiger partial charge is 0.348 e. The van der Waals surface area contributed by atoms with Crippen LogP contribution in [0, 0.1) is 0 Å². The molecule has 1 atom stereocenters. The Morgan fingerprint density at radius 2 is 1.78 bits per heavy atom. The van der Waals surface area contributed by atoms with Gasteiger partial charge in [-0.15, -0.1) is 11.3 Å². The number of nitrogens with zero attached hydrogens (tertiary/aromatic N) is 1. The molecule has 10 heteroatoms. The smallest absolute Gasteiger partial charge is 0.272 e. The molecule has 142 valence electrons. The maximum Gasteiger partial charge on any atom is 0.272 e. The predicted octanol–water partition coefficient (Wildman–Crippen LogP) is 0.383. The third-order valence-corrected chi connectivity index (χ3v) is 5.53. The third-order valence-electron chi connectivity index (χ3n) is 3.81. The zero-order valence-corrected chi connectivity index (χ0v) is 16.5. The summed E-state index contributed by atoms with van der Waals surface area (Å²) in [4.78, 5) is 37.7. The predicted molar refractivity (Wildman–Crippen MR) is 105 cm³/mol. The minimum absolute atomic E-state index is 0.00405. The van der Waals surface area contributed by atoms with Gasteiger partial charge in [-0.25, -0.2) is 9.19 Å². The lowest BCUT2D eigenvalue weighted by Crippen LogP contribution is -2.46. The Kier molecular flexibility index (Phi) is 5.13. The van der Waals surface area contributed by atoms with E-state index < -0.39 is 22.2 Å². The summed E-state index contributed by atoms with van der Waals surface area (Å²) in [6, 6.07) is 1.49. The molecule has 27 heavy (non-hydrogen) atoms. The van der Waals surface area contributed by atoms with Gasteiger partial charge in [0.05, 0.1) is 16.9 Å². The van der Waals surface area contributed by atoms with Crippen LogP contribution < -0.4 is 21.8 Å². The molecule has 3 rings (SSSR count). The number of nitrogens with one attached hydrogen (secondary N) is 3. The summed E-state index contributed by atoms with van der Waals surface area (Å²) < 4.78 is 20.6. The zero-order valence-electron chi connectivity index (χ0n) is 14.8. The number of rotatable bonds is 3. The van der Waals surface area contributed by atoms with Crippen LogP contribution in [-0.4, -0.2) is 28.7 Å². The third kappa shape index (κ3) is 4.07. The van der Waals surface area contributed by atoms with Gasteiger partial charge in [0.25, 0.3) is 11.1 Å². The summed E-state index contributed by atoms with van der Waals surface area (Å²) in [5.74, 6) is 0. The molecule has 4 N–H and O–H groups in total. The van der Waals surface area contributed by atoms with Crippen LogP contribution in [0.2, 0.25) is 0 Å². The van der Waals surface area contributed by atoms with E-state index in [-0.39, 0.29) is 21.0 Å². The van der Waals surface area contributed by atoms with Crippen LogP contribution in [-0.2, 0) is 16.5 Å². The molecule has 0 aliphatic rings. The molecule has 0 aliphatic carbocycles. The fourth-order valence-corrected chi connectivity index (χ4v) is 4.12. The molecule has 0 bridgehead atoms. The monoisotopic (exact) mass is 406 g/mol. The second-order valence-corrected chi connectivity index (χ2v) is 8.72. The average molecular weight is 406 g/mol. The van der Waals surface area contributed by atoms with Crippen molar-refractivity contribution in [2.45, 2.75) is 31.1 Å². The van der Waals surface area contributed by atoms with Crippen molar-refractivity contribution in [3.8, 4) is 0 Å². The molecule has 0 aliphatic heterocycles. The van der Waals surface area contributed by atoms with Crippen molar-refractivity contribution in [3.63, 3.8) is 0 Å². The number of hydrogen-bond donors (Lipinski definition) is 4. The molecule has 0 saturated carbocycles. The molecule has 0 amide bonds. The van der Waals surface area contributed by atoms with Gasteiger partial charge in [0.15, 0.2) is 11.1 Å². The molecule has 8 nitrogen and oxygen atoms in total. The fourth-order valence-electron chi connectivity index (χ4n) is 2.54. The maximum atomic E-state index is 12.4. The minimum Gasteiger partial charge on any atom is -0.348 e. The molecule has 0 aromatic carbocycles. The van der Waals surface area contributed by atoms with E-state index in [4.69, 9.17) is 0 Å². The molecular formula is C17H18N4O4S2. The highest BCUT2D eigenvalue weighted by molar-refractivity contribution is 7.79. The van der Waals surface area contributed by atoms with Crippen molar-refractivity contribution in [1.82, 2.24) is 19.9 Å². The lowest BCUT2D eigenvalue weighted by Gasteiger charge is -2.16. The zero-order chi connectivity index (χ0) is 19.8. The van der Waals surface area contributed by atoms with Gasteiger partial charge in [0, 0.05) is 16.0 Å². The van der Waals surface area contributed by atoms with Gasteiger partial charge in [-0.2, -0.15) is 0 Å². The highest BCUT2D eigenvalue weighted by Crippen LogP contribution is 2.22. The first-order valence-electron chi connectivity index (χ1n) is 7.95. The van der Waals surface area contributed by atoms with Crippen LogP contribution in [0.25, 0.3) is 12.2 Å². The molecule has 0 spiro atoms. The minimum atomic E-state index is -2.18. The number of hydrogen-bond acceptors (Lipinski definition) is 5. The van der Waals surface area contributed by atoms with Gasteiger partial charge in [-0.1, -0.05) is 20.8 Å². The lowest BCUT2D eigenvalue weighted by molar-refractivity contribution is 0.564. The van der Waals surface area contributed by atoms with E-state index in [1.807, 2.05) is 20.8 Å². The summed E-state index contributed by atoms with van der Waals surface area (Å²) in [6.45, 7) is 6.02. The summed E-state index contributed by atoms with van der Waals surface area (Å²) in [5.41, 5.74) is 0.186. The Morgan fingerprint density at radius 1 is 1.15 bits per heavy atom. The average Bonchev–Trinajstić information content (AvgIpc) is 3.20. The van der Waals surface area contributed by atoms with Gasteiger partial charge >= 0.3 is 0 Å². The van der Waals surface area contributed by atoms with Crippen molar-refractivity contribution >= 4 is 34.6 Å². The summed E-state index contributed by atoms with van der Waals surface area (Å²) in [7, 11) is 0. The number of H-pyrrole nitrogens is 3. The van der Waals surface area contributed by atoms with Crippen LogP contribution in [0.15, 0.2) is 32.3 Å². The van der Waals surface area contributed by atoms with E-state index in [2.05, 4.69) is 19.9 Å². The van der Waals surface area contributed by atoms with Crippen LogP contribution in [0.3, 0.4) is 0 Å². The van der Waals surface area contributed by atoms with Crippen molar-refractivity contribution in [2.75, 3.05) is 0 Å². The Labute approximate surface area is 160 Å². The molecule has 1 unspecified atom stereocenters. The quantitative estimate of drug-likeness (QED) is 0.467. The highest BCUT2D eigenvalue weighted by atomic mass is 32.2. The van der Waals surface area contributed by atoms with Crippen molar-refractivity contribution in [3.05, 3.63) is 65.4 Å². The Balaban J connectivity index is 2.15. The van der Waals surface area contributed by atoms with Crippen molar-refractivity contribution in [2.24, 2.45) is 0 Å². The maximum absolute atomic E-state index is 12.4. The summed E-state index contributed by atoms with van der Waals surface area (Å²) >= 11 is -0.981. The van der Waals surface area contributed by atoms with Crippen LogP contribution in [0.1, 0.15) is 37.0 Å². The second-order valence-electron chi connectivity index (χ2n) is 6.84. The van der Waals surface area contributed by atoms with Gasteiger partial charge in [-0.3, -0.25) is 9.59 Å². The van der Waals surface area contributed by atoms with E-state index in [1.165, 1.54) is 35.9 Å². The second kappa shape index (κ2) is 7.22. The van der Waals surface area contributed by atoms with Gasteiger partial charge in [0.1, 0.15) is 10.7 Å². The summed E-state index contributed by atoms with van der Waals surface area (Å²) in [5, 5.41) is 1.71. The van der Waals surface area contributed by atoms with E-state index in [0.717, 1.165) is 5.69 Å². The lowest BCUT2D eigenvalue weighted by atomic mass is 9.90. The number of thiophene rings is 1. The van der Waals surface area contributed by atoms with E-state index in [0.29, 0.717) is 10.6 Å². The van der Waals surface area contributed by atoms with Crippen molar-refractivity contribution < 1.29 is 8.76 Å². The Morgan fingerprint density at radius 3 is 2.37 bits per heavy atom. The van der Waals surface area contributed by atoms with Crippen LogP contribution in [0.4, 0.5) is 0 Å². The molecule has 0 saturated heterocycles. The Bertz CT molecular complexity index is 1240. The first-order valence-corrected chi connectivity index (χ1v) is 9.94. The first kappa shape index (κ1) is 19.2. The molecule has 3 aromatic heterocycles. The number of imidazole rings is 1. The van der Waals surface area contributed by atoms with Gasteiger partial charge < -0.3 is 19.5 Å². The van der Waals surface area contributed by atoms with Gasteiger partial charge in [0.2, 0.25) is 0 Å². The SMILES string of the molecule is CC(C)(C)c1[nH]cnc1/C=c1\[nH]c(=O)/c(=C/c2sccc2S(=O)O)[nH]c1=O. The standard InChI is InChI=1S/C17H18N4O4S2/c1-17(2,3)14-9(18-8-19-14)6-10-15(22)21-11(16(23)20-10)7-12-13(27(24)25)4-5-26-12/h4-8H,1-3H3,(H,18,19)(H,20,23)(H,21,22)(H,24,25)/b10-6-,11-7-.